The molecule has 0 saturated carbocycles. The second-order valence-corrected chi connectivity index (χ2v) is 7.64. The number of carbonyl (C=O) groups excluding carboxylic acids is 1. The molecule has 2 N–H and O–H groups in total. The van der Waals surface area contributed by atoms with Gasteiger partial charge in [0.2, 0.25) is 5.91 Å². The van der Waals surface area contributed by atoms with Crippen molar-refractivity contribution in [3.05, 3.63) is 63.7 Å². The van der Waals surface area contributed by atoms with Gasteiger partial charge < -0.3 is 10.6 Å². The summed E-state index contributed by atoms with van der Waals surface area (Å²) >= 11 is 11.3. The van der Waals surface area contributed by atoms with Crippen molar-refractivity contribution < 1.29 is 13.6 Å². The minimum atomic E-state index is -1.08. The lowest BCUT2D eigenvalue weighted by atomic mass is 9.67. The maximum absolute atomic E-state index is 14.8. The van der Waals surface area contributed by atoms with Gasteiger partial charge in [0, 0.05) is 16.3 Å². The summed E-state index contributed by atoms with van der Waals surface area (Å²) < 4.78 is 28.7. The molecule has 26 heavy (non-hydrogen) atoms. The summed E-state index contributed by atoms with van der Waals surface area (Å²) in [6, 6.07) is 6.93. The van der Waals surface area contributed by atoms with Crippen LogP contribution in [0.15, 0.2) is 30.3 Å². The monoisotopic (exact) mass is 392 g/mol. The maximum Gasteiger partial charge on any atom is 0.237 e. The van der Waals surface area contributed by atoms with Crippen LogP contribution in [0.2, 0.25) is 5.02 Å². The number of benzene rings is 2. The van der Waals surface area contributed by atoms with Crippen molar-refractivity contribution in [2.24, 2.45) is 0 Å². The average Bonchev–Trinajstić information content (AvgIpc) is 2.86. The zero-order chi connectivity index (χ0) is 18.6. The number of amides is 1. The summed E-state index contributed by atoms with van der Waals surface area (Å²) in [5.74, 6) is -2.17. The van der Waals surface area contributed by atoms with Crippen LogP contribution < -0.4 is 10.6 Å². The van der Waals surface area contributed by atoms with E-state index in [1.165, 1.54) is 6.07 Å². The van der Waals surface area contributed by atoms with E-state index >= 15 is 0 Å². The van der Waals surface area contributed by atoms with Gasteiger partial charge in [-0.05, 0) is 49.1 Å². The number of carbonyl (C=O) groups is 1. The minimum Gasteiger partial charge on any atom is -0.371 e. The van der Waals surface area contributed by atoms with E-state index in [-0.39, 0.29) is 11.5 Å². The molecule has 7 heteroatoms. The fourth-order valence-electron chi connectivity index (χ4n) is 4.05. The van der Waals surface area contributed by atoms with Gasteiger partial charge >= 0.3 is 0 Å². The molecule has 1 spiro atoms. The zero-order valence-electron chi connectivity index (χ0n) is 13.8. The molecule has 2 heterocycles. The summed E-state index contributed by atoms with van der Waals surface area (Å²) in [6.07, 6.45) is 0.886. The Morgan fingerprint density at radius 1 is 1.27 bits per heavy atom. The lowest BCUT2D eigenvalue weighted by Gasteiger charge is -2.42. The Morgan fingerprint density at radius 2 is 2.04 bits per heavy atom. The summed E-state index contributed by atoms with van der Waals surface area (Å²) in [7, 11) is 0. The number of hydrogen-bond acceptors (Lipinski definition) is 2. The average molecular weight is 393 g/mol. The van der Waals surface area contributed by atoms with Gasteiger partial charge in [-0.1, -0.05) is 36.0 Å². The molecule has 4 rings (SSSR count). The molecular formula is C19H15ClF2N2OS. The number of halogens is 3. The van der Waals surface area contributed by atoms with Crippen LogP contribution in [0.4, 0.5) is 14.5 Å². The summed E-state index contributed by atoms with van der Waals surface area (Å²) in [5.41, 5.74) is 0.916. The number of fused-ring (bicyclic) bond motifs is 2. The number of aryl methyl sites for hydroxylation is 1. The third kappa shape index (κ3) is 2.36. The van der Waals surface area contributed by atoms with Crippen LogP contribution >= 0.6 is 23.8 Å². The molecule has 0 radical (unpaired) electrons. The van der Waals surface area contributed by atoms with Crippen molar-refractivity contribution in [3.8, 4) is 0 Å². The lowest BCUT2D eigenvalue weighted by molar-refractivity contribution is -0.122. The van der Waals surface area contributed by atoms with Gasteiger partial charge in [0.1, 0.15) is 5.41 Å². The zero-order valence-corrected chi connectivity index (χ0v) is 15.4. The standard InChI is InChI=1S/C19H15ClF2N2OS/c1-9-2-5-12(21)16(22)15(9)17-19(7-6-14(26)24-17)11-4-3-10(20)8-13(11)23-18(19)25/h2-5,8,17H,6-7H2,1H3,(H,23,25)(H,24,26)/t17?,19-/m1/s1. The number of thiocarbonyl (C=S) groups is 1. The van der Waals surface area contributed by atoms with Crippen LogP contribution in [0.25, 0.3) is 0 Å². The maximum atomic E-state index is 14.8. The smallest absolute Gasteiger partial charge is 0.237 e. The highest BCUT2D eigenvalue weighted by molar-refractivity contribution is 7.80. The van der Waals surface area contributed by atoms with Gasteiger partial charge in [0.15, 0.2) is 11.6 Å². The molecule has 2 aromatic carbocycles. The fraction of sp³-hybridized carbons (Fsp3) is 0.263. The Bertz CT molecular complexity index is 965. The van der Waals surface area contributed by atoms with Gasteiger partial charge in [-0.2, -0.15) is 0 Å². The first-order valence-electron chi connectivity index (χ1n) is 8.20. The second-order valence-electron chi connectivity index (χ2n) is 6.71. The minimum absolute atomic E-state index is 0.130. The largest absolute Gasteiger partial charge is 0.371 e. The molecule has 0 aromatic heterocycles. The summed E-state index contributed by atoms with van der Waals surface area (Å²) in [4.78, 5) is 13.6. The van der Waals surface area contributed by atoms with E-state index in [0.717, 1.165) is 11.6 Å². The van der Waals surface area contributed by atoms with E-state index in [2.05, 4.69) is 10.6 Å². The molecule has 2 aromatic rings. The first kappa shape index (κ1) is 17.4. The number of hydrogen-bond donors (Lipinski definition) is 2. The topological polar surface area (TPSA) is 41.1 Å². The molecule has 2 aliphatic rings. The van der Waals surface area contributed by atoms with Crippen LogP contribution in [-0.2, 0) is 10.2 Å². The number of piperidine rings is 1. The molecule has 2 aliphatic heterocycles. The van der Waals surface area contributed by atoms with Crippen molar-refractivity contribution in [2.45, 2.75) is 31.2 Å². The van der Waals surface area contributed by atoms with Crippen molar-refractivity contribution in [1.29, 1.82) is 0 Å². The molecule has 2 atom stereocenters. The van der Waals surface area contributed by atoms with Gasteiger partial charge in [0.05, 0.1) is 11.0 Å². The predicted octanol–water partition coefficient (Wildman–Crippen LogP) is 4.57. The molecule has 1 unspecified atom stereocenters. The van der Waals surface area contributed by atoms with Crippen molar-refractivity contribution in [3.63, 3.8) is 0 Å². The Balaban J connectivity index is 1.98. The quantitative estimate of drug-likeness (QED) is 0.698. The van der Waals surface area contributed by atoms with Crippen LogP contribution in [0.5, 0.6) is 0 Å². The van der Waals surface area contributed by atoms with Crippen LogP contribution in [0.3, 0.4) is 0 Å². The third-order valence-electron chi connectivity index (χ3n) is 5.30. The fourth-order valence-corrected chi connectivity index (χ4v) is 4.44. The molecule has 1 saturated heterocycles. The highest BCUT2D eigenvalue weighted by atomic mass is 35.5. The number of rotatable bonds is 1. The van der Waals surface area contributed by atoms with Crippen molar-refractivity contribution >= 4 is 40.4 Å². The van der Waals surface area contributed by atoms with Gasteiger partial charge in [-0.15, -0.1) is 0 Å². The molecule has 0 bridgehead atoms. The van der Waals surface area contributed by atoms with Crippen molar-refractivity contribution in [2.75, 3.05) is 5.32 Å². The summed E-state index contributed by atoms with van der Waals surface area (Å²) in [6.45, 7) is 1.69. The molecule has 0 aliphatic carbocycles. The van der Waals surface area contributed by atoms with E-state index in [1.54, 1.807) is 25.1 Å². The Labute approximate surface area is 159 Å². The molecule has 1 fully saturated rings. The van der Waals surface area contributed by atoms with E-state index in [9.17, 15) is 13.6 Å². The molecule has 1 amide bonds. The Hall–Kier alpha value is -2.05. The van der Waals surface area contributed by atoms with E-state index in [0.29, 0.717) is 34.1 Å². The number of anilines is 1. The molecular weight excluding hydrogens is 378 g/mol. The predicted molar refractivity (Wildman–Crippen MR) is 101 cm³/mol. The van der Waals surface area contributed by atoms with Crippen LogP contribution in [0.1, 0.15) is 35.6 Å². The SMILES string of the molecule is Cc1ccc(F)c(F)c1C1NC(=S)CC[C@]12C(=O)Nc1cc(Cl)ccc12. The van der Waals surface area contributed by atoms with Crippen molar-refractivity contribution in [1.82, 2.24) is 5.32 Å². The van der Waals surface area contributed by atoms with E-state index < -0.39 is 23.1 Å². The Kier molecular flexibility index (Phi) is 4.00. The van der Waals surface area contributed by atoms with E-state index in [4.69, 9.17) is 23.8 Å². The summed E-state index contributed by atoms with van der Waals surface area (Å²) in [5, 5.41) is 6.43. The highest BCUT2D eigenvalue weighted by Crippen LogP contribution is 2.52. The van der Waals surface area contributed by atoms with Gasteiger partial charge in [-0.3, -0.25) is 4.79 Å². The van der Waals surface area contributed by atoms with Crippen LogP contribution in [0, 0.1) is 18.6 Å². The van der Waals surface area contributed by atoms with Gasteiger partial charge in [0.25, 0.3) is 0 Å². The van der Waals surface area contributed by atoms with Crippen LogP contribution in [-0.4, -0.2) is 10.9 Å². The van der Waals surface area contributed by atoms with Gasteiger partial charge in [-0.25, -0.2) is 8.78 Å². The first-order valence-corrected chi connectivity index (χ1v) is 8.98. The second kappa shape index (κ2) is 5.99. The molecule has 3 nitrogen and oxygen atoms in total. The normalized spacial score (nSPS) is 24.4. The Morgan fingerprint density at radius 3 is 2.81 bits per heavy atom. The lowest BCUT2D eigenvalue weighted by Crippen LogP contribution is -2.52. The number of nitrogens with one attached hydrogen (secondary N) is 2. The molecule has 134 valence electrons. The first-order chi connectivity index (χ1) is 12.3. The van der Waals surface area contributed by atoms with E-state index in [1.807, 2.05) is 0 Å². The third-order valence-corrected chi connectivity index (χ3v) is 5.86. The highest BCUT2D eigenvalue weighted by Gasteiger charge is 2.55.